The standard InChI is InChI=1S/C8H9N3O2/c1-2-8(13)10-7-5-9-11(6-7)3-4-12/h1,5-6,12H,3-4H2,(H,10,13). The maximum absolute atomic E-state index is 10.7. The summed E-state index contributed by atoms with van der Waals surface area (Å²) in [5.41, 5.74) is 0.524. The molecule has 0 aliphatic carbocycles. The van der Waals surface area contributed by atoms with Crippen LogP contribution >= 0.6 is 0 Å². The molecule has 1 rings (SSSR count). The fraction of sp³-hybridized carbons (Fsp3) is 0.250. The molecule has 0 aliphatic rings. The number of rotatable bonds is 3. The lowest BCUT2D eigenvalue weighted by Crippen LogP contribution is -2.07. The van der Waals surface area contributed by atoms with Crippen LogP contribution in [0.2, 0.25) is 0 Å². The van der Waals surface area contributed by atoms with Crippen molar-refractivity contribution in [2.24, 2.45) is 0 Å². The van der Waals surface area contributed by atoms with Gasteiger partial charge in [-0.3, -0.25) is 9.48 Å². The van der Waals surface area contributed by atoms with Crippen LogP contribution in [0.1, 0.15) is 0 Å². The van der Waals surface area contributed by atoms with Gasteiger partial charge in [-0.15, -0.1) is 6.42 Å². The lowest BCUT2D eigenvalue weighted by atomic mass is 10.5. The smallest absolute Gasteiger partial charge is 0.300 e. The zero-order chi connectivity index (χ0) is 9.68. The highest BCUT2D eigenvalue weighted by molar-refractivity contribution is 6.03. The molecular formula is C8H9N3O2. The number of hydrogen-bond acceptors (Lipinski definition) is 3. The molecule has 1 amide bonds. The number of anilines is 1. The van der Waals surface area contributed by atoms with E-state index in [1.165, 1.54) is 10.9 Å². The summed E-state index contributed by atoms with van der Waals surface area (Å²) in [5, 5.41) is 14.9. The number of nitrogens with one attached hydrogen (secondary N) is 1. The molecule has 68 valence electrons. The van der Waals surface area contributed by atoms with Crippen molar-refractivity contribution in [1.82, 2.24) is 9.78 Å². The van der Waals surface area contributed by atoms with Crippen molar-refractivity contribution in [1.29, 1.82) is 0 Å². The third-order valence-electron chi connectivity index (χ3n) is 1.35. The minimum Gasteiger partial charge on any atom is -0.394 e. The maximum atomic E-state index is 10.7. The van der Waals surface area contributed by atoms with Gasteiger partial charge in [-0.25, -0.2) is 0 Å². The number of aliphatic hydroxyl groups is 1. The largest absolute Gasteiger partial charge is 0.394 e. The van der Waals surface area contributed by atoms with E-state index >= 15 is 0 Å². The van der Waals surface area contributed by atoms with Gasteiger partial charge in [0, 0.05) is 6.20 Å². The van der Waals surface area contributed by atoms with Gasteiger partial charge in [-0.1, -0.05) is 0 Å². The molecule has 2 N–H and O–H groups in total. The quantitative estimate of drug-likeness (QED) is 0.611. The van der Waals surface area contributed by atoms with Crippen LogP contribution in [0, 0.1) is 12.3 Å². The Balaban J connectivity index is 2.59. The minimum atomic E-state index is -0.511. The lowest BCUT2D eigenvalue weighted by Gasteiger charge is -1.95. The number of hydrogen-bond donors (Lipinski definition) is 2. The average molecular weight is 179 g/mol. The van der Waals surface area contributed by atoms with Crippen LogP contribution in [0.3, 0.4) is 0 Å². The van der Waals surface area contributed by atoms with Gasteiger partial charge in [0.1, 0.15) is 0 Å². The number of nitrogens with zero attached hydrogens (tertiary/aromatic N) is 2. The first-order chi connectivity index (χ1) is 6.26. The summed E-state index contributed by atoms with van der Waals surface area (Å²) in [5.74, 6) is 1.41. The van der Waals surface area contributed by atoms with Gasteiger partial charge in [-0.05, 0) is 5.92 Å². The van der Waals surface area contributed by atoms with Crippen LogP contribution in [0.4, 0.5) is 5.69 Å². The van der Waals surface area contributed by atoms with Crippen LogP contribution in [0.15, 0.2) is 12.4 Å². The van der Waals surface area contributed by atoms with Gasteiger partial charge in [-0.2, -0.15) is 5.10 Å². The second-order valence-electron chi connectivity index (χ2n) is 2.31. The topological polar surface area (TPSA) is 67.2 Å². The van der Waals surface area contributed by atoms with Crippen molar-refractivity contribution in [2.75, 3.05) is 11.9 Å². The van der Waals surface area contributed by atoms with Gasteiger partial charge < -0.3 is 10.4 Å². The van der Waals surface area contributed by atoms with E-state index in [0.717, 1.165) is 0 Å². The van der Waals surface area contributed by atoms with Crippen LogP contribution in [-0.2, 0) is 11.3 Å². The summed E-state index contributed by atoms with van der Waals surface area (Å²) in [6.07, 6.45) is 7.91. The molecule has 0 unspecified atom stereocenters. The molecule has 0 saturated heterocycles. The van der Waals surface area contributed by atoms with E-state index in [1.54, 1.807) is 6.20 Å². The van der Waals surface area contributed by atoms with Crippen molar-refractivity contribution in [3.8, 4) is 12.3 Å². The second kappa shape index (κ2) is 4.28. The van der Waals surface area contributed by atoms with Crippen molar-refractivity contribution in [3.05, 3.63) is 12.4 Å². The fourth-order valence-electron chi connectivity index (χ4n) is 0.820. The predicted molar refractivity (Wildman–Crippen MR) is 46.8 cm³/mol. The molecule has 13 heavy (non-hydrogen) atoms. The number of terminal acetylenes is 1. The highest BCUT2D eigenvalue weighted by atomic mass is 16.3. The van der Waals surface area contributed by atoms with E-state index in [0.29, 0.717) is 12.2 Å². The summed E-state index contributed by atoms with van der Waals surface area (Å²) in [6.45, 7) is 0.399. The third-order valence-corrected chi connectivity index (χ3v) is 1.35. The number of amides is 1. The van der Waals surface area contributed by atoms with Gasteiger partial charge >= 0.3 is 0 Å². The van der Waals surface area contributed by atoms with Gasteiger partial charge in [0.25, 0.3) is 5.91 Å². The Hall–Kier alpha value is -1.80. The predicted octanol–water partition coefficient (Wildman–Crippen LogP) is -0.553. The fourth-order valence-corrected chi connectivity index (χ4v) is 0.820. The van der Waals surface area contributed by atoms with Crippen LogP contribution < -0.4 is 5.32 Å². The molecule has 0 atom stereocenters. The Labute approximate surface area is 75.4 Å². The van der Waals surface area contributed by atoms with Crippen molar-refractivity contribution >= 4 is 11.6 Å². The molecule has 0 saturated carbocycles. The molecule has 0 aromatic carbocycles. The molecule has 1 aromatic heterocycles. The Morgan fingerprint density at radius 3 is 3.23 bits per heavy atom. The molecule has 0 bridgehead atoms. The first-order valence-electron chi connectivity index (χ1n) is 3.67. The first-order valence-corrected chi connectivity index (χ1v) is 3.67. The Kier molecular flexibility index (Phi) is 3.06. The number of aromatic nitrogens is 2. The number of aliphatic hydroxyl groups excluding tert-OH is 1. The molecule has 0 spiro atoms. The van der Waals surface area contributed by atoms with Crippen molar-refractivity contribution in [3.63, 3.8) is 0 Å². The number of carbonyl (C=O) groups excluding carboxylic acids is 1. The van der Waals surface area contributed by atoms with E-state index in [-0.39, 0.29) is 6.61 Å². The maximum Gasteiger partial charge on any atom is 0.300 e. The molecule has 5 heteroatoms. The van der Waals surface area contributed by atoms with Crippen LogP contribution in [-0.4, -0.2) is 27.4 Å². The summed E-state index contributed by atoms with van der Waals surface area (Å²) in [6, 6.07) is 0. The van der Waals surface area contributed by atoms with E-state index in [9.17, 15) is 4.79 Å². The molecule has 1 heterocycles. The van der Waals surface area contributed by atoms with Crippen molar-refractivity contribution < 1.29 is 9.90 Å². The van der Waals surface area contributed by atoms with Gasteiger partial charge in [0.15, 0.2) is 0 Å². The second-order valence-corrected chi connectivity index (χ2v) is 2.31. The summed E-state index contributed by atoms with van der Waals surface area (Å²) >= 11 is 0. The third kappa shape index (κ3) is 2.61. The Bertz CT molecular complexity index is 337. The van der Waals surface area contributed by atoms with Crippen LogP contribution in [0.5, 0.6) is 0 Å². The van der Waals surface area contributed by atoms with Crippen molar-refractivity contribution in [2.45, 2.75) is 6.54 Å². The molecule has 1 aromatic rings. The molecule has 5 nitrogen and oxygen atoms in total. The van der Waals surface area contributed by atoms with Gasteiger partial charge in [0.05, 0.1) is 25.0 Å². The lowest BCUT2D eigenvalue weighted by molar-refractivity contribution is -0.111. The first kappa shape index (κ1) is 9.29. The summed E-state index contributed by atoms with van der Waals surface area (Å²) < 4.78 is 1.51. The van der Waals surface area contributed by atoms with Gasteiger partial charge in [0.2, 0.25) is 0 Å². The molecule has 0 radical (unpaired) electrons. The Morgan fingerprint density at radius 2 is 2.62 bits per heavy atom. The zero-order valence-corrected chi connectivity index (χ0v) is 6.90. The molecule has 0 aliphatic heterocycles. The Morgan fingerprint density at radius 1 is 1.85 bits per heavy atom. The van der Waals surface area contributed by atoms with Crippen LogP contribution in [0.25, 0.3) is 0 Å². The zero-order valence-electron chi connectivity index (χ0n) is 6.90. The monoisotopic (exact) mass is 179 g/mol. The number of carbonyl (C=O) groups is 1. The van der Waals surface area contributed by atoms with E-state index < -0.39 is 5.91 Å². The summed E-state index contributed by atoms with van der Waals surface area (Å²) in [4.78, 5) is 10.7. The van der Waals surface area contributed by atoms with E-state index in [4.69, 9.17) is 11.5 Å². The van der Waals surface area contributed by atoms with E-state index in [1.807, 2.05) is 5.92 Å². The average Bonchev–Trinajstić information content (AvgIpc) is 2.53. The normalized spacial score (nSPS) is 9.23. The summed E-state index contributed by atoms with van der Waals surface area (Å²) in [7, 11) is 0. The molecular weight excluding hydrogens is 170 g/mol. The highest BCUT2D eigenvalue weighted by Gasteiger charge is 2.00. The van der Waals surface area contributed by atoms with E-state index in [2.05, 4.69) is 10.4 Å². The highest BCUT2D eigenvalue weighted by Crippen LogP contribution is 2.03. The minimum absolute atomic E-state index is 0.00417. The SMILES string of the molecule is C#CC(=O)Nc1cnn(CCO)c1. The molecule has 0 fully saturated rings.